The van der Waals surface area contributed by atoms with E-state index >= 15 is 0 Å². The van der Waals surface area contributed by atoms with E-state index in [2.05, 4.69) is 18.0 Å². The Bertz CT molecular complexity index is 524. The Morgan fingerprint density at radius 3 is 2.33 bits per heavy atom. The summed E-state index contributed by atoms with van der Waals surface area (Å²) >= 11 is 0. The van der Waals surface area contributed by atoms with Gasteiger partial charge in [0.05, 0.1) is 11.3 Å². The molecule has 0 radical (unpaired) electrons. The van der Waals surface area contributed by atoms with Crippen molar-refractivity contribution in [3.8, 4) is 11.3 Å². The lowest BCUT2D eigenvalue weighted by molar-refractivity contribution is 0.0786. The standard InChI is InChI=1S/C16H19NO/c1-4-12-9-10-17-15(11-12)13-5-7-14(8-6-13)16(2,3)18/h5-11,18H,4H2,1-3H3. The second-order valence-electron chi connectivity index (χ2n) is 5.04. The van der Waals surface area contributed by atoms with Crippen LogP contribution in [0.3, 0.4) is 0 Å². The predicted molar refractivity (Wildman–Crippen MR) is 74.3 cm³/mol. The van der Waals surface area contributed by atoms with Crippen LogP contribution in [0.15, 0.2) is 42.6 Å². The first kappa shape index (κ1) is 12.8. The highest BCUT2D eigenvalue weighted by atomic mass is 16.3. The minimum absolute atomic E-state index is 0.794. The van der Waals surface area contributed by atoms with Crippen LogP contribution in [0, 0.1) is 0 Å². The maximum Gasteiger partial charge on any atom is 0.0840 e. The Morgan fingerprint density at radius 2 is 1.78 bits per heavy atom. The first-order valence-electron chi connectivity index (χ1n) is 6.29. The lowest BCUT2D eigenvalue weighted by Gasteiger charge is -2.17. The average Bonchev–Trinajstić information content (AvgIpc) is 2.38. The zero-order chi connectivity index (χ0) is 13.2. The molecule has 2 aromatic rings. The van der Waals surface area contributed by atoms with Crippen molar-refractivity contribution < 1.29 is 5.11 Å². The molecule has 1 N–H and O–H groups in total. The number of hydrogen-bond donors (Lipinski definition) is 1. The first-order chi connectivity index (χ1) is 8.50. The number of aliphatic hydroxyl groups is 1. The Morgan fingerprint density at radius 1 is 1.11 bits per heavy atom. The molecule has 0 saturated carbocycles. The molecule has 2 heteroatoms. The molecule has 1 heterocycles. The largest absolute Gasteiger partial charge is 0.386 e. The van der Waals surface area contributed by atoms with E-state index in [0.29, 0.717) is 0 Å². The third kappa shape index (κ3) is 2.77. The molecule has 0 amide bonds. The number of rotatable bonds is 3. The van der Waals surface area contributed by atoms with Gasteiger partial charge in [-0.25, -0.2) is 0 Å². The zero-order valence-electron chi connectivity index (χ0n) is 11.1. The highest BCUT2D eigenvalue weighted by molar-refractivity contribution is 5.60. The van der Waals surface area contributed by atoms with E-state index < -0.39 is 5.60 Å². The second kappa shape index (κ2) is 4.91. The van der Waals surface area contributed by atoms with Gasteiger partial charge in [-0.05, 0) is 43.5 Å². The van der Waals surface area contributed by atoms with E-state index in [4.69, 9.17) is 0 Å². The van der Waals surface area contributed by atoms with E-state index in [0.717, 1.165) is 23.2 Å². The molecule has 0 saturated heterocycles. The minimum Gasteiger partial charge on any atom is -0.386 e. The molecule has 0 unspecified atom stereocenters. The van der Waals surface area contributed by atoms with Gasteiger partial charge in [0.2, 0.25) is 0 Å². The molecule has 2 nitrogen and oxygen atoms in total. The number of pyridine rings is 1. The second-order valence-corrected chi connectivity index (χ2v) is 5.04. The van der Waals surface area contributed by atoms with Gasteiger partial charge in [-0.2, -0.15) is 0 Å². The van der Waals surface area contributed by atoms with Crippen molar-refractivity contribution in [1.82, 2.24) is 4.98 Å². The van der Waals surface area contributed by atoms with Gasteiger partial charge in [0.15, 0.2) is 0 Å². The molecular formula is C16H19NO. The Balaban J connectivity index is 2.34. The van der Waals surface area contributed by atoms with Crippen molar-refractivity contribution in [2.45, 2.75) is 32.8 Å². The zero-order valence-corrected chi connectivity index (χ0v) is 11.1. The summed E-state index contributed by atoms with van der Waals surface area (Å²) in [6.45, 7) is 5.71. The van der Waals surface area contributed by atoms with Crippen LogP contribution in [0.2, 0.25) is 0 Å². The van der Waals surface area contributed by atoms with Crippen molar-refractivity contribution in [3.63, 3.8) is 0 Å². The number of nitrogens with zero attached hydrogens (tertiary/aromatic N) is 1. The van der Waals surface area contributed by atoms with Gasteiger partial charge < -0.3 is 5.11 Å². The summed E-state index contributed by atoms with van der Waals surface area (Å²) < 4.78 is 0. The van der Waals surface area contributed by atoms with Crippen LogP contribution < -0.4 is 0 Å². The van der Waals surface area contributed by atoms with Crippen LogP contribution in [0.1, 0.15) is 31.9 Å². The van der Waals surface area contributed by atoms with Crippen LogP contribution in [0.4, 0.5) is 0 Å². The monoisotopic (exact) mass is 241 g/mol. The topological polar surface area (TPSA) is 33.1 Å². The first-order valence-corrected chi connectivity index (χ1v) is 6.29. The maximum absolute atomic E-state index is 9.92. The maximum atomic E-state index is 9.92. The molecule has 0 aliphatic carbocycles. The number of aromatic nitrogens is 1. The van der Waals surface area contributed by atoms with Crippen molar-refractivity contribution in [3.05, 3.63) is 53.7 Å². The van der Waals surface area contributed by atoms with Crippen molar-refractivity contribution in [2.75, 3.05) is 0 Å². The van der Waals surface area contributed by atoms with E-state index in [1.165, 1.54) is 5.56 Å². The average molecular weight is 241 g/mol. The Kier molecular flexibility index (Phi) is 3.48. The summed E-state index contributed by atoms with van der Waals surface area (Å²) in [6, 6.07) is 12.1. The van der Waals surface area contributed by atoms with Crippen LogP contribution >= 0.6 is 0 Å². The molecule has 94 valence electrons. The summed E-state index contributed by atoms with van der Waals surface area (Å²) in [4.78, 5) is 4.39. The van der Waals surface area contributed by atoms with Crippen molar-refractivity contribution >= 4 is 0 Å². The van der Waals surface area contributed by atoms with Gasteiger partial charge >= 0.3 is 0 Å². The van der Waals surface area contributed by atoms with Crippen LogP contribution in [-0.2, 0) is 12.0 Å². The Labute approximate surface area is 108 Å². The fraction of sp³-hybridized carbons (Fsp3) is 0.312. The van der Waals surface area contributed by atoms with E-state index in [9.17, 15) is 5.11 Å². The minimum atomic E-state index is -0.794. The number of hydrogen-bond acceptors (Lipinski definition) is 2. The highest BCUT2D eigenvalue weighted by Crippen LogP contribution is 2.24. The molecule has 0 spiro atoms. The number of aryl methyl sites for hydroxylation is 1. The molecule has 0 aliphatic heterocycles. The summed E-state index contributed by atoms with van der Waals surface area (Å²) in [5.41, 5.74) is 3.47. The van der Waals surface area contributed by atoms with Gasteiger partial charge in [-0.1, -0.05) is 31.2 Å². The number of benzene rings is 1. The van der Waals surface area contributed by atoms with Crippen molar-refractivity contribution in [2.24, 2.45) is 0 Å². The fourth-order valence-electron chi connectivity index (χ4n) is 1.90. The third-order valence-corrected chi connectivity index (χ3v) is 3.12. The van der Waals surface area contributed by atoms with Gasteiger partial charge in [-0.15, -0.1) is 0 Å². The summed E-state index contributed by atoms with van der Waals surface area (Å²) in [5, 5.41) is 9.92. The van der Waals surface area contributed by atoms with Gasteiger partial charge in [-0.3, -0.25) is 4.98 Å². The van der Waals surface area contributed by atoms with Crippen LogP contribution in [0.5, 0.6) is 0 Å². The SMILES string of the molecule is CCc1ccnc(-c2ccc(C(C)(C)O)cc2)c1. The normalized spacial score (nSPS) is 11.6. The molecule has 18 heavy (non-hydrogen) atoms. The summed E-state index contributed by atoms with van der Waals surface area (Å²) in [6.07, 6.45) is 2.86. The summed E-state index contributed by atoms with van der Waals surface area (Å²) in [5.74, 6) is 0. The molecular weight excluding hydrogens is 222 g/mol. The molecule has 0 atom stereocenters. The van der Waals surface area contributed by atoms with Gasteiger partial charge in [0, 0.05) is 11.8 Å². The lowest BCUT2D eigenvalue weighted by Crippen LogP contribution is -2.14. The molecule has 2 rings (SSSR count). The molecule has 0 fully saturated rings. The van der Waals surface area contributed by atoms with Crippen molar-refractivity contribution in [1.29, 1.82) is 0 Å². The predicted octanol–water partition coefficient (Wildman–Crippen LogP) is 3.54. The smallest absolute Gasteiger partial charge is 0.0840 e. The lowest BCUT2D eigenvalue weighted by atomic mass is 9.96. The van der Waals surface area contributed by atoms with Crippen LogP contribution in [-0.4, -0.2) is 10.1 Å². The highest BCUT2D eigenvalue weighted by Gasteiger charge is 2.15. The Hall–Kier alpha value is -1.67. The molecule has 1 aromatic heterocycles. The van der Waals surface area contributed by atoms with E-state index in [1.54, 1.807) is 13.8 Å². The van der Waals surface area contributed by atoms with Gasteiger partial charge in [0.25, 0.3) is 0 Å². The van der Waals surface area contributed by atoms with E-state index in [1.807, 2.05) is 36.5 Å². The quantitative estimate of drug-likeness (QED) is 0.891. The molecule has 0 aliphatic rings. The molecule has 0 bridgehead atoms. The molecule has 1 aromatic carbocycles. The summed E-state index contributed by atoms with van der Waals surface area (Å²) in [7, 11) is 0. The van der Waals surface area contributed by atoms with Crippen LogP contribution in [0.25, 0.3) is 11.3 Å². The fourth-order valence-corrected chi connectivity index (χ4v) is 1.90. The third-order valence-electron chi connectivity index (χ3n) is 3.12. The van der Waals surface area contributed by atoms with Gasteiger partial charge in [0.1, 0.15) is 0 Å². The van der Waals surface area contributed by atoms with E-state index in [-0.39, 0.29) is 0 Å².